The van der Waals surface area contributed by atoms with Crippen LogP contribution in [0.15, 0.2) is 54.6 Å². The molecule has 0 saturated carbocycles. The van der Waals surface area contributed by atoms with Crippen LogP contribution >= 0.6 is 0 Å². The van der Waals surface area contributed by atoms with Crippen molar-refractivity contribution < 1.29 is 24.3 Å². The number of carbonyl (C=O) groups excluding carboxylic acids is 4. The molecular weight excluding hydrogens is 398 g/mol. The monoisotopic (exact) mass is 423 g/mol. The summed E-state index contributed by atoms with van der Waals surface area (Å²) >= 11 is 0. The first-order chi connectivity index (χ1) is 14.8. The quantitative estimate of drug-likeness (QED) is 0.556. The Morgan fingerprint density at radius 2 is 1.68 bits per heavy atom. The van der Waals surface area contributed by atoms with E-state index in [2.05, 4.69) is 5.32 Å². The van der Waals surface area contributed by atoms with Crippen molar-refractivity contribution >= 4 is 23.5 Å². The number of aliphatic hydroxyl groups is 1. The standard InChI is InChI=1S/C23H25N3O5/c1-14(27)26-13-18(28)12-20(26)23(31)25-19(22(24)30)11-15-7-9-17(10-8-15)21(29)16-5-3-2-4-6-16/h2-10,18-20,28H,11-13H2,1H3,(H2,24,30)(H,25,31)/t18-,19-,20+/m1/s1. The lowest BCUT2D eigenvalue weighted by Crippen LogP contribution is -2.52. The van der Waals surface area contributed by atoms with Crippen LogP contribution in [0.1, 0.15) is 34.8 Å². The fourth-order valence-electron chi connectivity index (χ4n) is 3.69. The van der Waals surface area contributed by atoms with Crippen molar-refractivity contribution in [1.82, 2.24) is 10.2 Å². The molecule has 0 aliphatic carbocycles. The highest BCUT2D eigenvalue weighted by atomic mass is 16.3. The third kappa shape index (κ3) is 5.35. The second-order valence-electron chi connectivity index (χ2n) is 7.64. The van der Waals surface area contributed by atoms with E-state index in [0.717, 1.165) is 0 Å². The molecule has 31 heavy (non-hydrogen) atoms. The van der Waals surface area contributed by atoms with Crippen molar-refractivity contribution in [3.8, 4) is 0 Å². The number of likely N-dealkylation sites (tertiary alicyclic amines) is 1. The minimum atomic E-state index is -0.991. The highest BCUT2D eigenvalue weighted by Gasteiger charge is 2.38. The van der Waals surface area contributed by atoms with Gasteiger partial charge in [0.1, 0.15) is 12.1 Å². The van der Waals surface area contributed by atoms with E-state index in [-0.39, 0.29) is 31.1 Å². The van der Waals surface area contributed by atoms with Gasteiger partial charge in [-0.3, -0.25) is 19.2 Å². The summed E-state index contributed by atoms with van der Waals surface area (Å²) in [6.07, 6.45) is -0.551. The van der Waals surface area contributed by atoms with E-state index < -0.39 is 30.0 Å². The Balaban J connectivity index is 1.67. The summed E-state index contributed by atoms with van der Waals surface area (Å²) in [6, 6.07) is 13.8. The summed E-state index contributed by atoms with van der Waals surface area (Å²) in [4.78, 5) is 50.1. The molecule has 0 unspecified atom stereocenters. The van der Waals surface area contributed by atoms with Crippen LogP contribution in [-0.4, -0.2) is 58.2 Å². The van der Waals surface area contributed by atoms with Crippen LogP contribution in [-0.2, 0) is 20.8 Å². The summed E-state index contributed by atoms with van der Waals surface area (Å²) in [5.74, 6) is -1.70. The highest BCUT2D eigenvalue weighted by Crippen LogP contribution is 2.19. The van der Waals surface area contributed by atoms with Gasteiger partial charge in [0.15, 0.2) is 5.78 Å². The van der Waals surface area contributed by atoms with Gasteiger partial charge >= 0.3 is 0 Å². The fourth-order valence-corrected chi connectivity index (χ4v) is 3.69. The van der Waals surface area contributed by atoms with E-state index in [1.165, 1.54) is 11.8 Å². The molecule has 1 heterocycles. The molecule has 0 radical (unpaired) electrons. The number of carbonyl (C=O) groups is 4. The number of nitrogens with one attached hydrogen (secondary N) is 1. The summed E-state index contributed by atoms with van der Waals surface area (Å²) in [6.45, 7) is 1.40. The number of benzene rings is 2. The third-order valence-corrected chi connectivity index (χ3v) is 5.34. The molecular formula is C23H25N3O5. The molecule has 0 spiro atoms. The van der Waals surface area contributed by atoms with Gasteiger partial charge in [-0.25, -0.2) is 0 Å². The highest BCUT2D eigenvalue weighted by molar-refractivity contribution is 6.08. The van der Waals surface area contributed by atoms with Crippen molar-refractivity contribution in [2.24, 2.45) is 5.73 Å². The Hall–Kier alpha value is -3.52. The molecule has 162 valence electrons. The molecule has 1 saturated heterocycles. The van der Waals surface area contributed by atoms with Gasteiger partial charge in [0, 0.05) is 37.4 Å². The molecule has 2 aromatic rings. The molecule has 1 aliphatic rings. The lowest BCUT2D eigenvalue weighted by molar-refractivity contribution is -0.138. The van der Waals surface area contributed by atoms with Crippen molar-refractivity contribution in [2.45, 2.75) is 38.0 Å². The number of rotatable bonds is 7. The molecule has 3 amide bonds. The summed E-state index contributed by atoms with van der Waals surface area (Å²) in [7, 11) is 0. The number of primary amides is 1. The SMILES string of the molecule is CC(=O)N1C[C@H](O)C[C@H]1C(=O)N[C@H](Cc1ccc(C(=O)c2ccccc2)cc1)C(N)=O. The number of nitrogens with two attached hydrogens (primary N) is 1. The van der Waals surface area contributed by atoms with Gasteiger partial charge < -0.3 is 21.1 Å². The maximum atomic E-state index is 12.6. The Labute approximate surface area is 180 Å². The van der Waals surface area contributed by atoms with Gasteiger partial charge in [0.25, 0.3) is 0 Å². The molecule has 2 aromatic carbocycles. The van der Waals surface area contributed by atoms with Gasteiger partial charge in [-0.15, -0.1) is 0 Å². The molecule has 3 rings (SSSR count). The van der Waals surface area contributed by atoms with E-state index >= 15 is 0 Å². The Bertz CT molecular complexity index is 974. The van der Waals surface area contributed by atoms with Crippen molar-refractivity contribution in [1.29, 1.82) is 0 Å². The molecule has 3 atom stereocenters. The van der Waals surface area contributed by atoms with E-state index in [1.54, 1.807) is 48.5 Å². The summed E-state index contributed by atoms with van der Waals surface area (Å²) in [5.41, 5.74) is 7.26. The second kappa shape index (κ2) is 9.53. The largest absolute Gasteiger partial charge is 0.391 e. The first kappa shape index (κ1) is 22.2. The number of β-amino-alcohol motifs (C(OH)–C–C–N with tert-alkyl or cyclic N) is 1. The molecule has 0 aromatic heterocycles. The zero-order valence-corrected chi connectivity index (χ0v) is 17.2. The Kier molecular flexibility index (Phi) is 6.81. The van der Waals surface area contributed by atoms with Crippen LogP contribution < -0.4 is 11.1 Å². The fraction of sp³-hybridized carbons (Fsp3) is 0.304. The van der Waals surface area contributed by atoms with Gasteiger partial charge in [0.2, 0.25) is 17.7 Å². The molecule has 8 nitrogen and oxygen atoms in total. The minimum absolute atomic E-state index is 0.0750. The normalized spacial score (nSPS) is 19.0. The number of ketones is 1. The predicted molar refractivity (Wildman–Crippen MR) is 113 cm³/mol. The van der Waals surface area contributed by atoms with Crippen LogP contribution in [0.3, 0.4) is 0 Å². The van der Waals surface area contributed by atoms with Crippen molar-refractivity contribution in [3.05, 3.63) is 71.3 Å². The lowest BCUT2D eigenvalue weighted by Gasteiger charge is -2.24. The zero-order valence-electron chi connectivity index (χ0n) is 17.2. The summed E-state index contributed by atoms with van der Waals surface area (Å²) < 4.78 is 0. The third-order valence-electron chi connectivity index (χ3n) is 5.34. The average molecular weight is 423 g/mol. The number of nitrogens with zero attached hydrogens (tertiary/aromatic N) is 1. The molecule has 4 N–H and O–H groups in total. The van der Waals surface area contributed by atoms with E-state index in [1.807, 2.05) is 6.07 Å². The topological polar surface area (TPSA) is 130 Å². The number of hydrogen-bond acceptors (Lipinski definition) is 5. The van der Waals surface area contributed by atoms with E-state index in [4.69, 9.17) is 5.73 Å². The molecule has 0 bridgehead atoms. The van der Waals surface area contributed by atoms with Crippen LogP contribution in [0.4, 0.5) is 0 Å². The molecule has 8 heteroatoms. The van der Waals surface area contributed by atoms with Gasteiger partial charge in [-0.2, -0.15) is 0 Å². The van der Waals surface area contributed by atoms with Crippen molar-refractivity contribution in [2.75, 3.05) is 6.54 Å². The lowest BCUT2D eigenvalue weighted by atomic mass is 9.99. The predicted octanol–water partition coefficient (Wildman–Crippen LogP) is 0.412. The van der Waals surface area contributed by atoms with Crippen LogP contribution in [0.2, 0.25) is 0 Å². The van der Waals surface area contributed by atoms with Crippen LogP contribution in [0, 0.1) is 0 Å². The molecule has 1 aliphatic heterocycles. The van der Waals surface area contributed by atoms with Crippen LogP contribution in [0.5, 0.6) is 0 Å². The first-order valence-electron chi connectivity index (χ1n) is 10.00. The first-order valence-corrected chi connectivity index (χ1v) is 10.00. The van der Waals surface area contributed by atoms with Crippen molar-refractivity contribution in [3.63, 3.8) is 0 Å². The van der Waals surface area contributed by atoms with Crippen LogP contribution in [0.25, 0.3) is 0 Å². The number of aliphatic hydroxyl groups excluding tert-OH is 1. The van der Waals surface area contributed by atoms with Gasteiger partial charge in [-0.05, 0) is 5.56 Å². The minimum Gasteiger partial charge on any atom is -0.391 e. The number of amides is 3. The molecule has 1 fully saturated rings. The number of hydrogen-bond donors (Lipinski definition) is 3. The average Bonchev–Trinajstić information content (AvgIpc) is 3.16. The summed E-state index contributed by atoms with van der Waals surface area (Å²) in [5, 5.41) is 12.4. The zero-order chi connectivity index (χ0) is 22.5. The van der Waals surface area contributed by atoms with Gasteiger partial charge in [0.05, 0.1) is 6.10 Å². The maximum absolute atomic E-state index is 12.6. The second-order valence-corrected chi connectivity index (χ2v) is 7.64. The smallest absolute Gasteiger partial charge is 0.243 e. The van der Waals surface area contributed by atoms with E-state index in [9.17, 15) is 24.3 Å². The van der Waals surface area contributed by atoms with E-state index in [0.29, 0.717) is 16.7 Å². The maximum Gasteiger partial charge on any atom is 0.243 e. The Morgan fingerprint density at radius 1 is 1.06 bits per heavy atom. The van der Waals surface area contributed by atoms with Gasteiger partial charge in [-0.1, -0.05) is 54.6 Å². The Morgan fingerprint density at radius 3 is 2.26 bits per heavy atom.